The lowest BCUT2D eigenvalue weighted by Gasteiger charge is -2.36. The molecule has 1 aliphatic rings. The van der Waals surface area contributed by atoms with Crippen LogP contribution in [-0.2, 0) is 9.53 Å². The van der Waals surface area contributed by atoms with Crippen LogP contribution in [0.25, 0.3) is 0 Å². The van der Waals surface area contributed by atoms with Gasteiger partial charge in [0.2, 0.25) is 0 Å². The largest absolute Gasteiger partial charge is 0.484 e. The first-order chi connectivity index (χ1) is 10.0. The molecule has 1 aliphatic heterocycles. The molecule has 21 heavy (non-hydrogen) atoms. The Labute approximate surface area is 125 Å². The minimum atomic E-state index is -0.568. The smallest absolute Gasteiger partial charge is 0.258 e. The van der Waals surface area contributed by atoms with E-state index in [0.717, 1.165) is 11.1 Å². The molecule has 0 atom stereocenters. The zero-order chi connectivity index (χ0) is 15.3. The van der Waals surface area contributed by atoms with Crippen molar-refractivity contribution in [2.24, 2.45) is 0 Å². The van der Waals surface area contributed by atoms with Crippen molar-refractivity contribution in [3.63, 3.8) is 0 Å². The van der Waals surface area contributed by atoms with E-state index in [1.165, 1.54) is 0 Å². The van der Waals surface area contributed by atoms with Crippen molar-refractivity contribution in [3.8, 4) is 5.75 Å². The van der Waals surface area contributed by atoms with E-state index in [1.807, 2.05) is 32.0 Å². The summed E-state index contributed by atoms with van der Waals surface area (Å²) in [5.74, 6) is 0.492. The van der Waals surface area contributed by atoms with Gasteiger partial charge in [0, 0.05) is 13.2 Å². The normalized spacial score (nSPS) is 17.3. The molecule has 1 aromatic carbocycles. The predicted molar refractivity (Wildman–Crippen MR) is 79.4 cm³/mol. The van der Waals surface area contributed by atoms with Crippen molar-refractivity contribution in [1.82, 2.24) is 5.32 Å². The van der Waals surface area contributed by atoms with Crippen molar-refractivity contribution in [3.05, 3.63) is 29.3 Å². The summed E-state index contributed by atoms with van der Waals surface area (Å²) in [6.45, 7) is 4.95. The highest BCUT2D eigenvalue weighted by Gasteiger charge is 2.33. The van der Waals surface area contributed by atoms with Crippen LogP contribution in [0.2, 0.25) is 0 Å². The van der Waals surface area contributed by atoms with Crippen LogP contribution < -0.4 is 10.1 Å². The minimum absolute atomic E-state index is 0.0491. The lowest BCUT2D eigenvalue weighted by atomic mass is 9.91. The maximum Gasteiger partial charge on any atom is 0.258 e. The number of carbonyl (C=O) groups excluding carboxylic acids is 1. The van der Waals surface area contributed by atoms with E-state index in [4.69, 9.17) is 9.47 Å². The van der Waals surface area contributed by atoms with Gasteiger partial charge in [-0.2, -0.15) is 0 Å². The average molecular weight is 293 g/mol. The molecule has 5 heteroatoms. The van der Waals surface area contributed by atoms with Gasteiger partial charge in [0.05, 0.1) is 12.1 Å². The van der Waals surface area contributed by atoms with Crippen LogP contribution in [-0.4, -0.2) is 43.0 Å². The van der Waals surface area contributed by atoms with Gasteiger partial charge in [-0.3, -0.25) is 4.79 Å². The highest BCUT2D eigenvalue weighted by atomic mass is 16.5. The van der Waals surface area contributed by atoms with Gasteiger partial charge >= 0.3 is 0 Å². The molecule has 1 amide bonds. The fourth-order valence-corrected chi connectivity index (χ4v) is 2.52. The van der Waals surface area contributed by atoms with Crippen LogP contribution in [0.1, 0.15) is 24.0 Å². The van der Waals surface area contributed by atoms with Crippen LogP contribution in [0.4, 0.5) is 0 Å². The number of ether oxygens (including phenoxy) is 2. The summed E-state index contributed by atoms with van der Waals surface area (Å²) in [5.41, 5.74) is 1.59. The summed E-state index contributed by atoms with van der Waals surface area (Å²) >= 11 is 0. The predicted octanol–water partition coefficient (Wildman–Crippen LogP) is 1.34. The van der Waals surface area contributed by atoms with Crippen LogP contribution in [0.15, 0.2) is 18.2 Å². The molecule has 0 aliphatic carbocycles. The van der Waals surface area contributed by atoms with E-state index < -0.39 is 5.54 Å². The Balaban J connectivity index is 1.89. The summed E-state index contributed by atoms with van der Waals surface area (Å²) < 4.78 is 10.8. The number of aliphatic hydroxyl groups is 1. The first-order valence-corrected chi connectivity index (χ1v) is 7.24. The SMILES string of the molecule is Cc1ccc(OCC(=O)NC2(CO)CCOCC2)c(C)c1. The quantitative estimate of drug-likeness (QED) is 0.859. The molecule has 1 fully saturated rings. The van der Waals surface area contributed by atoms with Gasteiger partial charge in [0.15, 0.2) is 6.61 Å². The van der Waals surface area contributed by atoms with Gasteiger partial charge in [-0.05, 0) is 38.3 Å². The fourth-order valence-electron chi connectivity index (χ4n) is 2.52. The molecule has 0 radical (unpaired) electrons. The van der Waals surface area contributed by atoms with E-state index >= 15 is 0 Å². The Morgan fingerprint density at radius 2 is 2.10 bits per heavy atom. The lowest BCUT2D eigenvalue weighted by molar-refractivity contribution is -0.127. The zero-order valence-electron chi connectivity index (χ0n) is 12.6. The maximum atomic E-state index is 12.0. The molecule has 1 aromatic rings. The third-order valence-electron chi connectivity index (χ3n) is 3.85. The molecule has 0 saturated carbocycles. The maximum absolute atomic E-state index is 12.0. The third kappa shape index (κ3) is 4.19. The monoisotopic (exact) mass is 293 g/mol. The van der Waals surface area contributed by atoms with Gasteiger partial charge in [-0.1, -0.05) is 17.7 Å². The summed E-state index contributed by atoms with van der Waals surface area (Å²) in [6.07, 6.45) is 1.25. The van der Waals surface area contributed by atoms with E-state index in [-0.39, 0.29) is 19.1 Å². The standard InChI is InChI=1S/C16H23NO4/c1-12-3-4-14(13(2)9-12)21-10-15(19)17-16(11-18)5-7-20-8-6-16/h3-4,9,18H,5-8,10-11H2,1-2H3,(H,17,19). The van der Waals surface area contributed by atoms with Crippen LogP contribution in [0, 0.1) is 13.8 Å². The summed E-state index contributed by atoms with van der Waals surface area (Å²) in [6, 6.07) is 5.84. The molecular weight excluding hydrogens is 270 g/mol. The lowest BCUT2D eigenvalue weighted by Crippen LogP contribution is -2.55. The number of hydrogen-bond donors (Lipinski definition) is 2. The van der Waals surface area contributed by atoms with Gasteiger partial charge in [0.25, 0.3) is 5.91 Å². The van der Waals surface area contributed by atoms with E-state index in [1.54, 1.807) is 0 Å². The number of carbonyl (C=O) groups is 1. The molecule has 0 spiro atoms. The van der Waals surface area contributed by atoms with E-state index in [0.29, 0.717) is 31.8 Å². The van der Waals surface area contributed by atoms with Gasteiger partial charge < -0.3 is 19.9 Å². The van der Waals surface area contributed by atoms with Crippen LogP contribution in [0.3, 0.4) is 0 Å². The first-order valence-electron chi connectivity index (χ1n) is 7.24. The number of amides is 1. The van der Waals surface area contributed by atoms with Crippen molar-refractivity contribution in [2.45, 2.75) is 32.2 Å². The number of rotatable bonds is 5. The summed E-state index contributed by atoms with van der Waals surface area (Å²) in [5, 5.41) is 12.4. The topological polar surface area (TPSA) is 67.8 Å². The van der Waals surface area contributed by atoms with Crippen molar-refractivity contribution >= 4 is 5.91 Å². The van der Waals surface area contributed by atoms with Crippen LogP contribution in [0.5, 0.6) is 5.75 Å². The van der Waals surface area contributed by atoms with Crippen molar-refractivity contribution in [1.29, 1.82) is 0 Å². The number of aryl methyl sites for hydroxylation is 2. The first kappa shape index (κ1) is 15.8. The third-order valence-corrected chi connectivity index (χ3v) is 3.85. The molecule has 116 valence electrons. The molecule has 1 heterocycles. The Morgan fingerprint density at radius 3 is 2.71 bits per heavy atom. The second kappa shape index (κ2) is 6.91. The number of hydrogen-bond acceptors (Lipinski definition) is 4. The van der Waals surface area contributed by atoms with Crippen LogP contribution >= 0.6 is 0 Å². The van der Waals surface area contributed by atoms with Gasteiger partial charge in [0.1, 0.15) is 5.75 Å². The molecule has 0 aromatic heterocycles. The average Bonchev–Trinajstić information content (AvgIpc) is 2.47. The summed E-state index contributed by atoms with van der Waals surface area (Å²) in [4.78, 5) is 12.0. The van der Waals surface area contributed by atoms with E-state index in [2.05, 4.69) is 5.32 Å². The Bertz CT molecular complexity index is 495. The van der Waals surface area contributed by atoms with Crippen molar-refractivity contribution in [2.75, 3.05) is 26.4 Å². The molecule has 5 nitrogen and oxygen atoms in total. The second-order valence-electron chi connectivity index (χ2n) is 5.66. The minimum Gasteiger partial charge on any atom is -0.484 e. The van der Waals surface area contributed by atoms with E-state index in [9.17, 15) is 9.90 Å². The molecule has 2 rings (SSSR count). The Hall–Kier alpha value is -1.59. The Kier molecular flexibility index (Phi) is 5.20. The second-order valence-corrected chi connectivity index (χ2v) is 5.66. The molecular formula is C16H23NO4. The highest BCUT2D eigenvalue weighted by Crippen LogP contribution is 2.21. The number of benzene rings is 1. The zero-order valence-corrected chi connectivity index (χ0v) is 12.6. The molecule has 2 N–H and O–H groups in total. The number of aliphatic hydroxyl groups excluding tert-OH is 1. The highest BCUT2D eigenvalue weighted by molar-refractivity contribution is 5.78. The number of nitrogens with one attached hydrogen (secondary N) is 1. The fraction of sp³-hybridized carbons (Fsp3) is 0.562. The molecule has 0 bridgehead atoms. The van der Waals surface area contributed by atoms with Gasteiger partial charge in [-0.25, -0.2) is 0 Å². The Morgan fingerprint density at radius 1 is 1.38 bits per heavy atom. The molecule has 0 unspecified atom stereocenters. The summed E-state index contributed by atoms with van der Waals surface area (Å²) in [7, 11) is 0. The molecule has 1 saturated heterocycles. The van der Waals surface area contributed by atoms with Gasteiger partial charge in [-0.15, -0.1) is 0 Å². The van der Waals surface area contributed by atoms with Crippen molar-refractivity contribution < 1.29 is 19.4 Å².